The molecule has 132 valence electrons. The lowest BCUT2D eigenvalue weighted by Crippen LogP contribution is -2.41. The van der Waals surface area contributed by atoms with E-state index in [1.165, 1.54) is 53.3 Å². The highest BCUT2D eigenvalue weighted by Gasteiger charge is 2.15. The van der Waals surface area contributed by atoms with Crippen molar-refractivity contribution in [2.45, 2.75) is 0 Å². The highest BCUT2D eigenvalue weighted by atomic mass is 35.5. The third-order valence-corrected chi connectivity index (χ3v) is 3.65. The maximum Gasteiger partial charge on any atom is 0.290 e. The molecule has 3 rings (SSSR count). The van der Waals surface area contributed by atoms with Crippen LogP contribution >= 0.6 is 11.6 Å². The Morgan fingerprint density at radius 1 is 1.08 bits per heavy atom. The van der Waals surface area contributed by atoms with Gasteiger partial charge in [0.2, 0.25) is 0 Å². The van der Waals surface area contributed by atoms with Crippen molar-refractivity contribution in [1.29, 1.82) is 0 Å². The van der Waals surface area contributed by atoms with Gasteiger partial charge in [0.15, 0.2) is 5.69 Å². The van der Waals surface area contributed by atoms with Crippen molar-refractivity contribution in [3.63, 3.8) is 0 Å². The first-order valence-corrected chi connectivity index (χ1v) is 7.73. The minimum absolute atomic E-state index is 0.0381. The number of halogens is 2. The first kappa shape index (κ1) is 17.4. The van der Waals surface area contributed by atoms with E-state index in [2.05, 4.69) is 16.0 Å². The summed E-state index contributed by atoms with van der Waals surface area (Å²) in [6.45, 7) is 0. The standard InChI is InChI=1S/C17H12ClFN4O3/c18-10-5-6-15(24)11(9-10)16(25)20-21-17(26)13-7-8-23(22-13)14-4-2-1-3-12(14)19/h1-9,24H,(H,20,25)(H,21,26). The second-order valence-corrected chi connectivity index (χ2v) is 5.60. The first-order valence-electron chi connectivity index (χ1n) is 7.35. The summed E-state index contributed by atoms with van der Waals surface area (Å²) in [5.41, 5.74) is 4.35. The molecule has 9 heteroatoms. The fourth-order valence-electron chi connectivity index (χ4n) is 2.15. The van der Waals surface area contributed by atoms with Crippen LogP contribution in [-0.2, 0) is 0 Å². The molecule has 0 aliphatic rings. The monoisotopic (exact) mass is 374 g/mol. The van der Waals surface area contributed by atoms with Crippen LogP contribution in [0.1, 0.15) is 20.8 Å². The van der Waals surface area contributed by atoms with Crippen molar-refractivity contribution in [3.05, 3.63) is 76.8 Å². The number of nitrogens with one attached hydrogen (secondary N) is 2. The number of phenols is 1. The molecule has 3 N–H and O–H groups in total. The Kier molecular flexibility index (Phi) is 4.85. The molecule has 0 aliphatic carbocycles. The zero-order chi connectivity index (χ0) is 18.7. The van der Waals surface area contributed by atoms with Crippen molar-refractivity contribution >= 4 is 23.4 Å². The summed E-state index contributed by atoms with van der Waals surface area (Å²) in [6.07, 6.45) is 1.41. The Morgan fingerprint density at radius 2 is 1.81 bits per heavy atom. The maximum absolute atomic E-state index is 13.7. The van der Waals surface area contributed by atoms with Gasteiger partial charge in [-0.25, -0.2) is 9.07 Å². The molecule has 0 atom stereocenters. The van der Waals surface area contributed by atoms with Gasteiger partial charge in [-0.05, 0) is 36.4 Å². The summed E-state index contributed by atoms with van der Waals surface area (Å²) in [7, 11) is 0. The molecular weight excluding hydrogens is 363 g/mol. The van der Waals surface area contributed by atoms with Gasteiger partial charge in [-0.1, -0.05) is 23.7 Å². The number of benzene rings is 2. The molecule has 26 heavy (non-hydrogen) atoms. The van der Waals surface area contributed by atoms with Gasteiger partial charge >= 0.3 is 0 Å². The summed E-state index contributed by atoms with van der Waals surface area (Å²) in [5, 5.41) is 13.9. The van der Waals surface area contributed by atoms with Gasteiger partial charge in [-0.15, -0.1) is 0 Å². The largest absolute Gasteiger partial charge is 0.507 e. The molecule has 0 radical (unpaired) electrons. The molecule has 7 nitrogen and oxygen atoms in total. The second-order valence-electron chi connectivity index (χ2n) is 5.17. The van der Waals surface area contributed by atoms with E-state index in [9.17, 15) is 19.1 Å². The molecule has 0 saturated heterocycles. The van der Waals surface area contributed by atoms with Crippen LogP contribution in [0.4, 0.5) is 4.39 Å². The Morgan fingerprint density at radius 3 is 2.58 bits per heavy atom. The van der Waals surface area contributed by atoms with E-state index < -0.39 is 17.6 Å². The van der Waals surface area contributed by atoms with Crippen LogP contribution in [-0.4, -0.2) is 26.7 Å². The number of rotatable bonds is 3. The van der Waals surface area contributed by atoms with E-state index >= 15 is 0 Å². The molecule has 2 amide bonds. The van der Waals surface area contributed by atoms with E-state index in [4.69, 9.17) is 11.6 Å². The normalized spacial score (nSPS) is 10.4. The zero-order valence-corrected chi connectivity index (χ0v) is 13.9. The number of hydrazine groups is 1. The lowest BCUT2D eigenvalue weighted by Gasteiger charge is -2.08. The van der Waals surface area contributed by atoms with Crippen LogP contribution < -0.4 is 10.9 Å². The molecule has 0 unspecified atom stereocenters. The van der Waals surface area contributed by atoms with Gasteiger partial charge in [0, 0.05) is 11.2 Å². The molecule has 1 aromatic heterocycles. The number of para-hydroxylation sites is 1. The molecule has 0 spiro atoms. The molecule has 0 aliphatic heterocycles. The third-order valence-electron chi connectivity index (χ3n) is 3.41. The molecule has 0 saturated carbocycles. The molecule has 0 fully saturated rings. The number of phenolic OH excluding ortho intramolecular Hbond substituents is 1. The van der Waals surface area contributed by atoms with Gasteiger partial charge in [0.05, 0.1) is 5.56 Å². The summed E-state index contributed by atoms with van der Waals surface area (Å²) in [6, 6.07) is 11.3. The quantitative estimate of drug-likeness (QED) is 0.613. The first-order chi connectivity index (χ1) is 12.5. The predicted molar refractivity (Wildman–Crippen MR) is 91.6 cm³/mol. The number of hydrogen-bond acceptors (Lipinski definition) is 4. The number of amides is 2. The summed E-state index contributed by atoms with van der Waals surface area (Å²) < 4.78 is 14.9. The number of carbonyl (C=O) groups excluding carboxylic acids is 2. The van der Waals surface area contributed by atoms with E-state index in [0.717, 1.165) is 0 Å². The highest BCUT2D eigenvalue weighted by molar-refractivity contribution is 6.31. The number of carbonyl (C=O) groups is 2. The minimum Gasteiger partial charge on any atom is -0.507 e. The summed E-state index contributed by atoms with van der Waals surface area (Å²) in [4.78, 5) is 24.1. The lowest BCUT2D eigenvalue weighted by atomic mass is 10.2. The fourth-order valence-corrected chi connectivity index (χ4v) is 2.32. The van der Waals surface area contributed by atoms with Crippen LogP contribution in [0.25, 0.3) is 5.69 Å². The third kappa shape index (κ3) is 3.65. The topological polar surface area (TPSA) is 96.3 Å². The fraction of sp³-hybridized carbons (Fsp3) is 0. The van der Waals surface area contributed by atoms with Gasteiger partial charge in [-0.3, -0.25) is 20.4 Å². The molecule has 2 aromatic carbocycles. The number of nitrogens with zero attached hydrogens (tertiary/aromatic N) is 2. The van der Waals surface area contributed by atoms with Gasteiger partial charge in [-0.2, -0.15) is 5.10 Å². The Balaban J connectivity index is 1.68. The SMILES string of the molecule is O=C(NNC(=O)c1cc(Cl)ccc1O)c1ccn(-c2ccccc2F)n1. The minimum atomic E-state index is -0.758. The smallest absolute Gasteiger partial charge is 0.290 e. The maximum atomic E-state index is 13.7. The Labute approximate surface area is 152 Å². The average Bonchev–Trinajstić information content (AvgIpc) is 3.11. The highest BCUT2D eigenvalue weighted by Crippen LogP contribution is 2.21. The van der Waals surface area contributed by atoms with Crippen molar-refractivity contribution < 1.29 is 19.1 Å². The number of aromatic hydroxyl groups is 1. The van der Waals surface area contributed by atoms with E-state index in [1.54, 1.807) is 6.07 Å². The van der Waals surface area contributed by atoms with Crippen molar-refractivity contribution in [1.82, 2.24) is 20.6 Å². The molecule has 0 bridgehead atoms. The molecule has 1 heterocycles. The second kappa shape index (κ2) is 7.24. The predicted octanol–water partition coefficient (Wildman–Crippen LogP) is 2.45. The van der Waals surface area contributed by atoms with Crippen LogP contribution in [0.3, 0.4) is 0 Å². The number of aromatic nitrogens is 2. The van der Waals surface area contributed by atoms with Crippen LogP contribution in [0.2, 0.25) is 5.02 Å². The number of hydrogen-bond donors (Lipinski definition) is 3. The van der Waals surface area contributed by atoms with Crippen molar-refractivity contribution in [3.8, 4) is 11.4 Å². The van der Waals surface area contributed by atoms with Crippen LogP contribution in [0.15, 0.2) is 54.7 Å². The molecular formula is C17H12ClFN4O3. The zero-order valence-electron chi connectivity index (χ0n) is 13.1. The average molecular weight is 375 g/mol. The van der Waals surface area contributed by atoms with Crippen molar-refractivity contribution in [2.75, 3.05) is 0 Å². The van der Waals surface area contributed by atoms with Gasteiger partial charge < -0.3 is 5.11 Å². The van der Waals surface area contributed by atoms with E-state index in [1.807, 2.05) is 0 Å². The van der Waals surface area contributed by atoms with Crippen molar-refractivity contribution in [2.24, 2.45) is 0 Å². The van der Waals surface area contributed by atoms with E-state index in [-0.39, 0.29) is 27.7 Å². The summed E-state index contributed by atoms with van der Waals surface area (Å²) in [5.74, 6) is -2.25. The van der Waals surface area contributed by atoms with Gasteiger partial charge in [0.25, 0.3) is 11.8 Å². The van der Waals surface area contributed by atoms with Crippen LogP contribution in [0, 0.1) is 5.82 Å². The van der Waals surface area contributed by atoms with E-state index in [0.29, 0.717) is 0 Å². The Bertz CT molecular complexity index is 990. The van der Waals surface area contributed by atoms with Crippen LogP contribution in [0.5, 0.6) is 5.75 Å². The lowest BCUT2D eigenvalue weighted by molar-refractivity contribution is 0.0842. The molecule has 3 aromatic rings. The van der Waals surface area contributed by atoms with Gasteiger partial charge in [0.1, 0.15) is 17.3 Å². The Hall–Kier alpha value is -3.39. The summed E-state index contributed by atoms with van der Waals surface area (Å²) >= 11 is 5.77.